The van der Waals surface area contributed by atoms with Gasteiger partial charge in [-0.1, -0.05) is 12.5 Å². The number of aryl methyl sites for hydroxylation is 2. The molecule has 0 aliphatic carbocycles. The van der Waals surface area contributed by atoms with Crippen LogP contribution in [0.25, 0.3) is 5.78 Å². The van der Waals surface area contributed by atoms with Crippen molar-refractivity contribution in [2.24, 2.45) is 4.99 Å². The second kappa shape index (κ2) is 8.42. The van der Waals surface area contributed by atoms with Crippen LogP contribution in [0.2, 0.25) is 0 Å². The maximum atomic E-state index is 12.8. The average Bonchev–Trinajstić information content (AvgIpc) is 2.99. The van der Waals surface area contributed by atoms with Gasteiger partial charge in [0.05, 0.1) is 4.90 Å². The van der Waals surface area contributed by atoms with E-state index in [4.69, 9.17) is 0 Å². The molecule has 0 saturated carbocycles. The molecule has 1 aliphatic rings. The summed E-state index contributed by atoms with van der Waals surface area (Å²) < 4.78 is 29.6. The molecule has 0 radical (unpaired) electrons. The van der Waals surface area contributed by atoms with E-state index in [1.165, 1.54) is 16.6 Å². The minimum atomic E-state index is -3.81. The molecular weight excluding hydrogens is 418 g/mol. The van der Waals surface area contributed by atoms with Crippen LogP contribution in [0.15, 0.2) is 40.2 Å². The summed E-state index contributed by atoms with van der Waals surface area (Å²) in [5.74, 6) is 0.185. The van der Waals surface area contributed by atoms with E-state index < -0.39 is 15.9 Å². The molecule has 1 amide bonds. The minimum absolute atomic E-state index is 0.0355. The molecule has 1 aromatic carbocycles. The summed E-state index contributed by atoms with van der Waals surface area (Å²) in [4.78, 5) is 25.4. The highest BCUT2D eigenvalue weighted by Crippen LogP contribution is 2.17. The first-order valence-electron chi connectivity index (χ1n) is 10.0. The van der Waals surface area contributed by atoms with Crippen LogP contribution >= 0.6 is 0 Å². The number of aromatic nitrogens is 4. The van der Waals surface area contributed by atoms with Gasteiger partial charge in [-0.25, -0.2) is 17.9 Å². The van der Waals surface area contributed by atoms with E-state index in [1.807, 2.05) is 19.9 Å². The molecule has 0 fully saturated rings. The zero-order valence-electron chi connectivity index (χ0n) is 17.3. The number of carbonyl (C=O) groups is 1. The number of hydrogen-bond acceptors (Lipinski definition) is 7. The summed E-state index contributed by atoms with van der Waals surface area (Å²) >= 11 is 0. The number of nitrogens with zero attached hydrogens (tertiary/aromatic N) is 5. The average molecular weight is 442 g/mol. The molecule has 2 N–H and O–H groups in total. The molecule has 162 valence electrons. The van der Waals surface area contributed by atoms with Crippen molar-refractivity contribution in [3.8, 4) is 0 Å². The van der Waals surface area contributed by atoms with Crippen LogP contribution < -0.4 is 10.0 Å². The van der Waals surface area contributed by atoms with E-state index in [2.05, 4.69) is 30.1 Å². The Labute approximate surface area is 179 Å². The normalized spacial score (nSPS) is 14.7. The number of anilines is 1. The second-order valence-corrected chi connectivity index (χ2v) is 9.10. The van der Waals surface area contributed by atoms with Gasteiger partial charge < -0.3 is 5.32 Å². The zero-order valence-corrected chi connectivity index (χ0v) is 18.1. The van der Waals surface area contributed by atoms with Gasteiger partial charge in [-0.05, 0) is 51.0 Å². The Kier molecular flexibility index (Phi) is 5.68. The van der Waals surface area contributed by atoms with E-state index in [-0.39, 0.29) is 10.7 Å². The SMILES string of the molecule is Cc1cc(C)n2nc(C(=O)Nc3cccc(S(=O)(=O)NC4=NCCCCC4)c3)nc2n1. The predicted octanol–water partition coefficient (Wildman–Crippen LogP) is 2.24. The number of hydrogen-bond donors (Lipinski definition) is 2. The van der Waals surface area contributed by atoms with Gasteiger partial charge in [-0.3, -0.25) is 14.5 Å². The molecule has 3 aromatic rings. The van der Waals surface area contributed by atoms with Crippen molar-refractivity contribution in [2.75, 3.05) is 11.9 Å². The van der Waals surface area contributed by atoms with Crippen LogP contribution in [0.3, 0.4) is 0 Å². The number of nitrogens with one attached hydrogen (secondary N) is 2. The third-order valence-electron chi connectivity index (χ3n) is 4.85. The Hall–Kier alpha value is -3.34. The Bertz CT molecular complexity index is 1280. The van der Waals surface area contributed by atoms with Crippen molar-refractivity contribution < 1.29 is 13.2 Å². The van der Waals surface area contributed by atoms with Crippen LogP contribution in [-0.2, 0) is 10.0 Å². The van der Waals surface area contributed by atoms with E-state index in [1.54, 1.807) is 12.1 Å². The number of amidine groups is 1. The van der Waals surface area contributed by atoms with Crippen molar-refractivity contribution in [3.05, 3.63) is 47.5 Å². The molecule has 2 aromatic heterocycles. The molecule has 0 atom stereocenters. The zero-order chi connectivity index (χ0) is 22.0. The van der Waals surface area contributed by atoms with E-state index in [9.17, 15) is 13.2 Å². The molecule has 11 heteroatoms. The summed E-state index contributed by atoms with van der Waals surface area (Å²) in [6.45, 7) is 4.30. The van der Waals surface area contributed by atoms with Gasteiger partial charge in [0.25, 0.3) is 21.7 Å². The van der Waals surface area contributed by atoms with Crippen LogP contribution in [0.4, 0.5) is 5.69 Å². The van der Waals surface area contributed by atoms with Gasteiger partial charge in [-0.15, -0.1) is 5.10 Å². The van der Waals surface area contributed by atoms with Crippen LogP contribution in [-0.4, -0.2) is 46.3 Å². The molecule has 0 unspecified atom stereocenters. The van der Waals surface area contributed by atoms with Gasteiger partial charge in [0.2, 0.25) is 5.82 Å². The summed E-state index contributed by atoms with van der Waals surface area (Å²) in [5.41, 5.74) is 1.89. The Balaban J connectivity index is 1.53. The first-order chi connectivity index (χ1) is 14.8. The van der Waals surface area contributed by atoms with Crippen LogP contribution in [0.5, 0.6) is 0 Å². The smallest absolute Gasteiger partial charge is 0.295 e. The molecule has 3 heterocycles. The lowest BCUT2D eigenvalue weighted by Gasteiger charge is -2.11. The third-order valence-corrected chi connectivity index (χ3v) is 6.23. The largest absolute Gasteiger partial charge is 0.319 e. The second-order valence-electron chi connectivity index (χ2n) is 7.41. The lowest BCUT2D eigenvalue weighted by molar-refractivity contribution is 0.101. The number of rotatable bonds is 4. The highest BCUT2D eigenvalue weighted by Gasteiger charge is 2.19. The van der Waals surface area contributed by atoms with Gasteiger partial charge in [0.15, 0.2) is 0 Å². The lowest BCUT2D eigenvalue weighted by atomic mass is 10.2. The quantitative estimate of drug-likeness (QED) is 0.638. The Morgan fingerprint density at radius 2 is 1.94 bits per heavy atom. The lowest BCUT2D eigenvalue weighted by Crippen LogP contribution is -2.30. The predicted molar refractivity (Wildman–Crippen MR) is 116 cm³/mol. The molecular formula is C20H23N7O3S. The monoisotopic (exact) mass is 441 g/mol. The fourth-order valence-electron chi connectivity index (χ4n) is 3.36. The van der Waals surface area contributed by atoms with Crippen molar-refractivity contribution in [2.45, 2.75) is 44.4 Å². The topological polar surface area (TPSA) is 131 Å². The molecule has 0 saturated heterocycles. The molecule has 10 nitrogen and oxygen atoms in total. The maximum absolute atomic E-state index is 12.8. The number of fused-ring (bicyclic) bond motifs is 1. The summed E-state index contributed by atoms with van der Waals surface area (Å²) in [6.07, 6.45) is 3.49. The summed E-state index contributed by atoms with van der Waals surface area (Å²) in [7, 11) is -3.81. The fraction of sp³-hybridized carbons (Fsp3) is 0.350. The maximum Gasteiger partial charge on any atom is 0.295 e. The molecule has 1 aliphatic heterocycles. The number of sulfonamides is 1. The van der Waals surface area contributed by atoms with Gasteiger partial charge in [-0.2, -0.15) is 4.98 Å². The molecule has 0 spiro atoms. The van der Waals surface area contributed by atoms with Crippen molar-refractivity contribution in [1.82, 2.24) is 24.3 Å². The highest BCUT2D eigenvalue weighted by atomic mass is 32.2. The van der Waals surface area contributed by atoms with Crippen molar-refractivity contribution >= 4 is 33.2 Å². The van der Waals surface area contributed by atoms with E-state index >= 15 is 0 Å². The number of carbonyl (C=O) groups excluding carboxylic acids is 1. The van der Waals surface area contributed by atoms with E-state index in [0.29, 0.717) is 30.3 Å². The standard InChI is InChI=1S/C20H23N7O3S/c1-13-11-14(2)27-20(22-13)24-18(25-27)19(28)23-15-7-6-8-16(12-15)31(29,30)26-17-9-4-3-5-10-21-17/h6-8,11-12H,3-5,9-10H2,1-2H3,(H,21,26)(H,23,28). The Morgan fingerprint density at radius 3 is 2.77 bits per heavy atom. The van der Waals surface area contributed by atoms with Crippen LogP contribution in [0.1, 0.15) is 47.7 Å². The van der Waals surface area contributed by atoms with Crippen molar-refractivity contribution in [1.29, 1.82) is 0 Å². The molecule has 31 heavy (non-hydrogen) atoms. The summed E-state index contributed by atoms with van der Waals surface area (Å²) in [6, 6.07) is 7.85. The van der Waals surface area contributed by atoms with Crippen LogP contribution in [0, 0.1) is 13.8 Å². The van der Waals surface area contributed by atoms with Gasteiger partial charge in [0, 0.05) is 30.0 Å². The Morgan fingerprint density at radius 1 is 1.10 bits per heavy atom. The van der Waals surface area contributed by atoms with Crippen molar-refractivity contribution in [3.63, 3.8) is 0 Å². The molecule has 4 rings (SSSR count). The first kappa shape index (κ1) is 20.9. The highest BCUT2D eigenvalue weighted by molar-refractivity contribution is 7.90. The number of amides is 1. The number of benzene rings is 1. The number of aliphatic imine (C=N–C) groups is 1. The van der Waals surface area contributed by atoms with E-state index in [0.717, 1.165) is 30.7 Å². The van der Waals surface area contributed by atoms with Gasteiger partial charge in [0.1, 0.15) is 5.84 Å². The molecule has 0 bridgehead atoms. The first-order valence-corrected chi connectivity index (χ1v) is 11.5. The fourth-order valence-corrected chi connectivity index (χ4v) is 4.50. The minimum Gasteiger partial charge on any atom is -0.319 e. The summed E-state index contributed by atoms with van der Waals surface area (Å²) in [5, 5.41) is 6.84. The third kappa shape index (κ3) is 4.71. The van der Waals surface area contributed by atoms with Gasteiger partial charge >= 0.3 is 0 Å².